The van der Waals surface area contributed by atoms with Crippen LogP contribution in [0.1, 0.15) is 278 Å². The third-order valence-corrected chi connectivity index (χ3v) is 12.7. The normalized spacial score (nSPS) is 12.9. The monoisotopic (exact) mass is 1010 g/mol. The molecule has 0 heterocycles. The van der Waals surface area contributed by atoms with Gasteiger partial charge in [0.2, 0.25) is 0 Å². The molecule has 0 rings (SSSR count). The molecule has 6 nitrogen and oxygen atoms in total. The molecule has 0 aromatic heterocycles. The van der Waals surface area contributed by atoms with Crippen LogP contribution in [-0.2, 0) is 28.6 Å². The lowest BCUT2D eigenvalue weighted by molar-refractivity contribution is -0.167. The first kappa shape index (κ1) is 69.1. The Kier molecular flexibility index (Phi) is 57.4. The van der Waals surface area contributed by atoms with Crippen molar-refractivity contribution in [2.45, 2.75) is 284 Å². The summed E-state index contributed by atoms with van der Waals surface area (Å²) in [5, 5.41) is 0. The number of hydrogen-bond acceptors (Lipinski definition) is 6. The second kappa shape index (κ2) is 60.6. The summed E-state index contributed by atoms with van der Waals surface area (Å²) in [6, 6.07) is 0. The standard InChI is InChI=1S/C67H112O6/c1-4-7-10-13-16-19-22-25-28-29-30-31-32-33-34-35-36-37-40-42-45-48-51-54-57-60-66(69)72-63-64(73-67(70)61-58-55-52-49-46-43-39-27-24-21-18-15-12-9-6-3)62-71-65(68)59-56-53-50-47-44-41-38-26-23-20-17-14-11-8-5-2/h7,10,16-21,25-28,30-31,33-34,38-39,64H,4-6,8-9,11-15,22-24,29,32,35-37,40-63H2,1-3H3/b10-7-,19-16-,20-17-,21-18-,28-25-,31-30-,34-33-,38-26-,39-27-. The van der Waals surface area contributed by atoms with Crippen LogP contribution in [0.25, 0.3) is 0 Å². The van der Waals surface area contributed by atoms with E-state index in [-0.39, 0.29) is 31.1 Å². The number of allylic oxidation sites excluding steroid dienone is 18. The first-order chi connectivity index (χ1) is 36.0. The molecule has 0 aliphatic carbocycles. The molecule has 0 fully saturated rings. The van der Waals surface area contributed by atoms with Crippen LogP contribution in [0, 0.1) is 0 Å². The van der Waals surface area contributed by atoms with Crippen LogP contribution >= 0.6 is 0 Å². The number of hydrogen-bond donors (Lipinski definition) is 0. The Morgan fingerprint density at radius 3 is 0.836 bits per heavy atom. The lowest BCUT2D eigenvalue weighted by atomic mass is 10.1. The van der Waals surface area contributed by atoms with Gasteiger partial charge in [-0.2, -0.15) is 0 Å². The zero-order valence-corrected chi connectivity index (χ0v) is 47.6. The van der Waals surface area contributed by atoms with Gasteiger partial charge in [-0.05, 0) is 128 Å². The molecule has 0 radical (unpaired) electrons. The quantitative estimate of drug-likeness (QED) is 0.0261. The van der Waals surface area contributed by atoms with Gasteiger partial charge in [-0.25, -0.2) is 0 Å². The first-order valence-electron chi connectivity index (χ1n) is 30.4. The topological polar surface area (TPSA) is 78.9 Å². The number of carbonyl (C=O) groups excluding carboxylic acids is 3. The minimum atomic E-state index is -0.796. The molecule has 0 spiro atoms. The summed E-state index contributed by atoms with van der Waals surface area (Å²) >= 11 is 0. The Morgan fingerprint density at radius 2 is 0.534 bits per heavy atom. The first-order valence-corrected chi connectivity index (χ1v) is 30.4. The third-order valence-electron chi connectivity index (χ3n) is 12.7. The Bertz CT molecular complexity index is 1490. The highest BCUT2D eigenvalue weighted by Gasteiger charge is 2.19. The van der Waals surface area contributed by atoms with Gasteiger partial charge in [0.05, 0.1) is 0 Å². The van der Waals surface area contributed by atoms with E-state index in [0.717, 1.165) is 148 Å². The lowest BCUT2D eigenvalue weighted by Gasteiger charge is -2.18. The summed E-state index contributed by atoms with van der Waals surface area (Å²) in [7, 11) is 0. The molecule has 0 aliphatic rings. The summed E-state index contributed by atoms with van der Waals surface area (Å²) in [4.78, 5) is 38.2. The zero-order valence-electron chi connectivity index (χ0n) is 47.6. The summed E-state index contributed by atoms with van der Waals surface area (Å²) in [5.41, 5.74) is 0. The molecule has 0 amide bonds. The Labute approximate surface area is 450 Å². The second-order valence-corrected chi connectivity index (χ2v) is 19.9. The smallest absolute Gasteiger partial charge is 0.306 e. The number of rotatable bonds is 54. The van der Waals surface area contributed by atoms with Crippen LogP contribution in [0.15, 0.2) is 109 Å². The summed E-state index contributed by atoms with van der Waals surface area (Å²) in [5.74, 6) is -0.923. The Morgan fingerprint density at radius 1 is 0.288 bits per heavy atom. The van der Waals surface area contributed by atoms with Crippen LogP contribution in [0.3, 0.4) is 0 Å². The van der Waals surface area contributed by atoms with Gasteiger partial charge in [0, 0.05) is 19.3 Å². The number of carbonyl (C=O) groups is 3. The molecule has 0 aromatic carbocycles. The molecular formula is C67H112O6. The van der Waals surface area contributed by atoms with Crippen LogP contribution < -0.4 is 0 Å². The minimum Gasteiger partial charge on any atom is -0.462 e. The van der Waals surface area contributed by atoms with E-state index in [0.29, 0.717) is 19.3 Å². The predicted octanol–water partition coefficient (Wildman–Crippen LogP) is 20.7. The maximum atomic E-state index is 12.9. The van der Waals surface area contributed by atoms with E-state index in [1.165, 1.54) is 89.9 Å². The molecule has 1 atom stereocenters. The van der Waals surface area contributed by atoms with Crippen LogP contribution in [0.5, 0.6) is 0 Å². The van der Waals surface area contributed by atoms with Gasteiger partial charge < -0.3 is 14.2 Å². The van der Waals surface area contributed by atoms with Crippen molar-refractivity contribution >= 4 is 17.9 Å². The van der Waals surface area contributed by atoms with Crippen molar-refractivity contribution in [3.63, 3.8) is 0 Å². The summed E-state index contributed by atoms with van der Waals surface area (Å²) in [6.07, 6.45) is 82.2. The molecule has 0 N–H and O–H groups in total. The maximum Gasteiger partial charge on any atom is 0.306 e. The van der Waals surface area contributed by atoms with Crippen molar-refractivity contribution < 1.29 is 28.6 Å². The van der Waals surface area contributed by atoms with Gasteiger partial charge in [0.1, 0.15) is 13.2 Å². The van der Waals surface area contributed by atoms with Crippen molar-refractivity contribution in [1.82, 2.24) is 0 Å². The van der Waals surface area contributed by atoms with Crippen LogP contribution in [-0.4, -0.2) is 37.2 Å². The Balaban J connectivity index is 4.38. The van der Waals surface area contributed by atoms with Gasteiger partial charge >= 0.3 is 17.9 Å². The van der Waals surface area contributed by atoms with Crippen molar-refractivity contribution in [2.24, 2.45) is 0 Å². The third kappa shape index (κ3) is 58.8. The van der Waals surface area contributed by atoms with Gasteiger partial charge in [-0.3, -0.25) is 14.4 Å². The SMILES string of the molecule is CC/C=C\C/C=C\C/C=C\C/C=C\C/C=C\CCCCCCCCCCCC(=O)OCC(COC(=O)CCCCCCC/C=C\C/C=C\CCCCC)OC(=O)CCCCCCC/C=C\C/C=C\CCCCC. The van der Waals surface area contributed by atoms with E-state index >= 15 is 0 Å². The fourth-order valence-corrected chi connectivity index (χ4v) is 8.18. The van der Waals surface area contributed by atoms with Crippen molar-refractivity contribution in [3.05, 3.63) is 109 Å². The second-order valence-electron chi connectivity index (χ2n) is 19.9. The molecule has 416 valence electrons. The molecule has 0 saturated carbocycles. The van der Waals surface area contributed by atoms with E-state index < -0.39 is 6.10 Å². The molecule has 0 aliphatic heterocycles. The molecule has 1 unspecified atom stereocenters. The van der Waals surface area contributed by atoms with Gasteiger partial charge in [0.25, 0.3) is 0 Å². The van der Waals surface area contributed by atoms with Crippen molar-refractivity contribution in [2.75, 3.05) is 13.2 Å². The molecular weight excluding hydrogens is 901 g/mol. The highest BCUT2D eigenvalue weighted by atomic mass is 16.6. The van der Waals surface area contributed by atoms with E-state index in [1.54, 1.807) is 0 Å². The fourth-order valence-electron chi connectivity index (χ4n) is 8.18. The fraction of sp³-hybridized carbons (Fsp3) is 0.687. The van der Waals surface area contributed by atoms with Crippen molar-refractivity contribution in [3.8, 4) is 0 Å². The summed E-state index contributed by atoms with van der Waals surface area (Å²) in [6.45, 7) is 6.45. The van der Waals surface area contributed by atoms with Gasteiger partial charge in [-0.1, -0.05) is 239 Å². The summed E-state index contributed by atoms with van der Waals surface area (Å²) < 4.78 is 16.9. The highest BCUT2D eigenvalue weighted by Crippen LogP contribution is 2.15. The lowest BCUT2D eigenvalue weighted by Crippen LogP contribution is -2.30. The van der Waals surface area contributed by atoms with Crippen LogP contribution in [0.2, 0.25) is 0 Å². The maximum absolute atomic E-state index is 12.9. The molecule has 0 saturated heterocycles. The number of ether oxygens (including phenoxy) is 3. The van der Waals surface area contributed by atoms with E-state index in [4.69, 9.17) is 14.2 Å². The van der Waals surface area contributed by atoms with E-state index in [1.807, 2.05) is 0 Å². The molecule has 6 heteroatoms. The predicted molar refractivity (Wildman–Crippen MR) is 316 cm³/mol. The van der Waals surface area contributed by atoms with E-state index in [2.05, 4.69) is 130 Å². The average Bonchev–Trinajstić information content (AvgIpc) is 3.39. The molecule has 0 aromatic rings. The van der Waals surface area contributed by atoms with Gasteiger partial charge in [0.15, 0.2) is 6.10 Å². The molecule has 0 bridgehead atoms. The number of esters is 3. The Hall–Kier alpha value is -3.93. The van der Waals surface area contributed by atoms with E-state index in [9.17, 15) is 14.4 Å². The highest BCUT2D eigenvalue weighted by molar-refractivity contribution is 5.71. The average molecular weight is 1010 g/mol. The number of unbranched alkanes of at least 4 members (excludes halogenated alkanes) is 25. The minimum absolute atomic E-state index is 0.0925. The largest absolute Gasteiger partial charge is 0.462 e. The van der Waals surface area contributed by atoms with Gasteiger partial charge in [-0.15, -0.1) is 0 Å². The van der Waals surface area contributed by atoms with Crippen LogP contribution in [0.4, 0.5) is 0 Å². The zero-order chi connectivity index (χ0) is 52.9. The van der Waals surface area contributed by atoms with Crippen molar-refractivity contribution in [1.29, 1.82) is 0 Å². The molecule has 73 heavy (non-hydrogen) atoms.